The molecule has 0 N–H and O–H groups in total. The Morgan fingerprint density at radius 1 is 1.09 bits per heavy atom. The van der Waals surface area contributed by atoms with E-state index in [1.165, 1.54) is 6.33 Å². The van der Waals surface area contributed by atoms with Gasteiger partial charge >= 0.3 is 0 Å². The molecule has 3 aromatic rings. The van der Waals surface area contributed by atoms with Crippen molar-refractivity contribution in [2.24, 2.45) is 0 Å². The van der Waals surface area contributed by atoms with Gasteiger partial charge in [0.1, 0.15) is 17.9 Å². The number of benzene rings is 2. The molecule has 1 saturated heterocycles. The second kappa shape index (κ2) is 9.81. The van der Waals surface area contributed by atoms with Crippen LogP contribution in [0.15, 0.2) is 67.0 Å². The predicted molar refractivity (Wildman–Crippen MR) is 126 cm³/mol. The third-order valence-electron chi connectivity index (χ3n) is 6.08. The van der Waals surface area contributed by atoms with Crippen LogP contribution in [0.25, 0.3) is 0 Å². The molecular formula is C26H30N4O2. The average Bonchev–Trinajstić information content (AvgIpc) is 2.82. The molecule has 2 aromatic carbocycles. The zero-order valence-corrected chi connectivity index (χ0v) is 18.9. The summed E-state index contributed by atoms with van der Waals surface area (Å²) >= 11 is 0. The van der Waals surface area contributed by atoms with Gasteiger partial charge in [0.05, 0.1) is 5.92 Å². The number of anilines is 1. The quantitative estimate of drug-likeness (QED) is 0.562. The van der Waals surface area contributed by atoms with Gasteiger partial charge in [-0.3, -0.25) is 4.79 Å². The summed E-state index contributed by atoms with van der Waals surface area (Å²) in [4.78, 5) is 26.3. The topological polar surface area (TPSA) is 58.6 Å². The molecule has 4 rings (SSSR count). The molecule has 0 bridgehead atoms. The van der Waals surface area contributed by atoms with Crippen molar-refractivity contribution < 1.29 is 9.53 Å². The normalized spacial score (nSPS) is 17.2. The number of amides is 1. The van der Waals surface area contributed by atoms with E-state index in [0.717, 1.165) is 42.2 Å². The molecule has 0 saturated carbocycles. The number of rotatable bonds is 6. The minimum atomic E-state index is -0.0987. The van der Waals surface area contributed by atoms with Gasteiger partial charge in [-0.25, -0.2) is 9.97 Å². The van der Waals surface area contributed by atoms with Crippen molar-refractivity contribution in [3.8, 4) is 11.6 Å². The SMILES string of the molecule is CC[C@H](C(=O)N1CCN(c2cc(Oc3ccccc3C)ncn2)C[C@H]1C)c1ccccc1. The highest BCUT2D eigenvalue weighted by atomic mass is 16.5. The number of piperazine rings is 1. The Balaban J connectivity index is 1.44. The minimum absolute atomic E-state index is 0.0877. The molecule has 166 valence electrons. The first-order valence-electron chi connectivity index (χ1n) is 11.2. The van der Waals surface area contributed by atoms with Gasteiger partial charge in [0.2, 0.25) is 11.8 Å². The van der Waals surface area contributed by atoms with Crippen LogP contribution in [0.1, 0.15) is 37.3 Å². The van der Waals surface area contributed by atoms with Gasteiger partial charge in [-0.05, 0) is 37.5 Å². The van der Waals surface area contributed by atoms with Crippen molar-refractivity contribution in [3.63, 3.8) is 0 Å². The van der Waals surface area contributed by atoms with Crippen LogP contribution in [0.2, 0.25) is 0 Å². The number of ether oxygens (including phenoxy) is 1. The molecule has 32 heavy (non-hydrogen) atoms. The molecule has 2 atom stereocenters. The number of carbonyl (C=O) groups is 1. The maximum absolute atomic E-state index is 13.3. The van der Waals surface area contributed by atoms with Crippen molar-refractivity contribution in [1.82, 2.24) is 14.9 Å². The smallest absolute Gasteiger partial charge is 0.230 e. The van der Waals surface area contributed by atoms with E-state index in [-0.39, 0.29) is 17.9 Å². The van der Waals surface area contributed by atoms with Crippen LogP contribution >= 0.6 is 0 Å². The second-order valence-electron chi connectivity index (χ2n) is 8.28. The van der Waals surface area contributed by atoms with E-state index in [1.54, 1.807) is 0 Å². The number of aryl methyl sites for hydroxylation is 1. The van der Waals surface area contributed by atoms with Crippen LogP contribution in [-0.2, 0) is 4.79 Å². The minimum Gasteiger partial charge on any atom is -0.439 e. The first-order chi connectivity index (χ1) is 15.6. The van der Waals surface area contributed by atoms with E-state index in [4.69, 9.17) is 4.74 Å². The average molecular weight is 431 g/mol. The lowest BCUT2D eigenvalue weighted by Gasteiger charge is -2.41. The Bertz CT molecular complexity index is 1060. The lowest BCUT2D eigenvalue weighted by atomic mass is 9.94. The number of aromatic nitrogens is 2. The third kappa shape index (κ3) is 4.74. The van der Waals surface area contributed by atoms with E-state index in [0.29, 0.717) is 12.4 Å². The molecule has 6 nitrogen and oxygen atoms in total. The largest absolute Gasteiger partial charge is 0.439 e. The van der Waals surface area contributed by atoms with Crippen LogP contribution in [0, 0.1) is 6.92 Å². The number of hydrogen-bond acceptors (Lipinski definition) is 5. The number of nitrogens with zero attached hydrogens (tertiary/aromatic N) is 4. The number of para-hydroxylation sites is 1. The molecule has 0 unspecified atom stereocenters. The number of hydrogen-bond donors (Lipinski definition) is 0. The zero-order chi connectivity index (χ0) is 22.5. The standard InChI is InChI=1S/C26H30N4O2/c1-4-22(21-11-6-5-7-12-21)26(31)30-15-14-29(17-20(30)3)24-16-25(28-18-27-24)32-23-13-9-8-10-19(23)2/h5-13,16,18,20,22H,4,14-15,17H2,1-3H3/t20-,22+/m1/s1. The van der Waals surface area contributed by atoms with Gasteiger partial charge in [-0.15, -0.1) is 0 Å². The Morgan fingerprint density at radius 3 is 2.56 bits per heavy atom. The third-order valence-corrected chi connectivity index (χ3v) is 6.08. The molecule has 1 amide bonds. The van der Waals surface area contributed by atoms with Crippen LogP contribution in [0.4, 0.5) is 5.82 Å². The van der Waals surface area contributed by atoms with Gasteiger partial charge in [-0.1, -0.05) is 55.5 Å². The Morgan fingerprint density at radius 2 is 1.84 bits per heavy atom. The number of carbonyl (C=O) groups excluding carboxylic acids is 1. The molecule has 0 radical (unpaired) electrons. The Hall–Kier alpha value is -3.41. The van der Waals surface area contributed by atoms with Gasteiger partial charge in [0, 0.05) is 31.7 Å². The molecule has 2 heterocycles. The van der Waals surface area contributed by atoms with Crippen molar-refractivity contribution in [1.29, 1.82) is 0 Å². The fourth-order valence-corrected chi connectivity index (χ4v) is 4.27. The fourth-order valence-electron chi connectivity index (χ4n) is 4.27. The summed E-state index contributed by atoms with van der Waals surface area (Å²) in [5, 5.41) is 0. The predicted octanol–water partition coefficient (Wildman–Crippen LogP) is 4.81. The fraction of sp³-hybridized carbons (Fsp3) is 0.346. The van der Waals surface area contributed by atoms with E-state index in [9.17, 15) is 4.79 Å². The molecule has 0 aliphatic carbocycles. The maximum Gasteiger partial charge on any atom is 0.230 e. The van der Waals surface area contributed by atoms with Crippen molar-refractivity contribution in [2.75, 3.05) is 24.5 Å². The summed E-state index contributed by atoms with van der Waals surface area (Å²) < 4.78 is 5.98. The zero-order valence-electron chi connectivity index (χ0n) is 18.9. The highest BCUT2D eigenvalue weighted by molar-refractivity contribution is 5.84. The van der Waals surface area contributed by atoms with Gasteiger partial charge < -0.3 is 14.5 Å². The highest BCUT2D eigenvalue weighted by Crippen LogP contribution is 2.28. The van der Waals surface area contributed by atoms with Crippen molar-refractivity contribution in [3.05, 3.63) is 78.1 Å². The molecule has 1 aliphatic rings. The van der Waals surface area contributed by atoms with Crippen LogP contribution in [0.5, 0.6) is 11.6 Å². The Labute approximate surface area is 189 Å². The second-order valence-corrected chi connectivity index (χ2v) is 8.28. The van der Waals surface area contributed by atoms with Crippen LogP contribution in [-0.4, -0.2) is 46.5 Å². The van der Waals surface area contributed by atoms with Gasteiger partial charge in [0.15, 0.2) is 0 Å². The van der Waals surface area contributed by atoms with Gasteiger partial charge in [0.25, 0.3) is 0 Å². The summed E-state index contributed by atoms with van der Waals surface area (Å²) in [6.07, 6.45) is 2.33. The molecule has 6 heteroatoms. The first-order valence-corrected chi connectivity index (χ1v) is 11.2. The summed E-state index contributed by atoms with van der Waals surface area (Å²) in [6, 6.07) is 19.9. The molecular weight excluding hydrogens is 400 g/mol. The first kappa shape index (κ1) is 21.8. The summed E-state index contributed by atoms with van der Waals surface area (Å²) in [5.74, 6) is 2.23. The van der Waals surface area contributed by atoms with Crippen molar-refractivity contribution in [2.45, 2.75) is 39.2 Å². The van der Waals surface area contributed by atoms with Crippen molar-refractivity contribution >= 4 is 11.7 Å². The monoisotopic (exact) mass is 430 g/mol. The summed E-state index contributed by atoms with van der Waals surface area (Å²) in [5.41, 5.74) is 2.14. The summed E-state index contributed by atoms with van der Waals surface area (Å²) in [7, 11) is 0. The lowest BCUT2D eigenvalue weighted by molar-refractivity contribution is -0.135. The van der Waals surface area contributed by atoms with E-state index < -0.39 is 0 Å². The molecule has 1 aliphatic heterocycles. The Kier molecular flexibility index (Phi) is 6.69. The van der Waals surface area contributed by atoms with E-state index in [1.807, 2.05) is 72.5 Å². The molecule has 1 aromatic heterocycles. The lowest BCUT2D eigenvalue weighted by Crippen LogP contribution is -2.55. The van der Waals surface area contributed by atoms with E-state index in [2.05, 4.69) is 28.7 Å². The van der Waals surface area contributed by atoms with Gasteiger partial charge in [-0.2, -0.15) is 0 Å². The maximum atomic E-state index is 13.3. The highest BCUT2D eigenvalue weighted by Gasteiger charge is 2.32. The molecule has 1 fully saturated rings. The van der Waals surface area contributed by atoms with E-state index >= 15 is 0 Å². The van der Waals surface area contributed by atoms with Crippen LogP contribution in [0.3, 0.4) is 0 Å². The van der Waals surface area contributed by atoms with Crippen LogP contribution < -0.4 is 9.64 Å². The summed E-state index contributed by atoms with van der Waals surface area (Å²) in [6.45, 7) is 8.30. The molecule has 0 spiro atoms.